The highest BCUT2D eigenvalue weighted by Gasteiger charge is 2.35. The highest BCUT2D eigenvalue weighted by Crippen LogP contribution is 2.21. The molecule has 0 N–H and O–H groups in total. The Kier molecular flexibility index (Phi) is 4.38. The van der Waals surface area contributed by atoms with Crippen LogP contribution in [-0.4, -0.2) is 37.5 Å². The second kappa shape index (κ2) is 5.34. The van der Waals surface area contributed by atoms with Crippen molar-refractivity contribution in [3.05, 3.63) is 12.7 Å². The SMILES string of the molecule is C=CC1OC[N+](C)(CC)CC1C#CCC. The molecule has 0 aromatic carbocycles. The summed E-state index contributed by atoms with van der Waals surface area (Å²) in [5, 5.41) is 0. The third-order valence-corrected chi connectivity index (χ3v) is 3.07. The molecule has 1 rings (SSSR count). The average Bonchev–Trinajstić information content (AvgIpc) is 2.26. The minimum absolute atomic E-state index is 0.113. The Bertz CT molecular complexity index is 276. The molecule has 0 saturated carbocycles. The summed E-state index contributed by atoms with van der Waals surface area (Å²) >= 11 is 0. The van der Waals surface area contributed by atoms with Crippen LogP contribution in [0.15, 0.2) is 12.7 Å². The molecule has 0 amide bonds. The lowest BCUT2D eigenvalue weighted by Crippen LogP contribution is -2.55. The maximum Gasteiger partial charge on any atom is 0.183 e. The molecule has 0 aliphatic carbocycles. The van der Waals surface area contributed by atoms with Crippen molar-refractivity contribution in [1.29, 1.82) is 0 Å². The van der Waals surface area contributed by atoms with E-state index in [1.165, 1.54) is 0 Å². The van der Waals surface area contributed by atoms with Crippen LogP contribution >= 0.6 is 0 Å². The monoisotopic (exact) mass is 208 g/mol. The van der Waals surface area contributed by atoms with Crippen LogP contribution < -0.4 is 0 Å². The fourth-order valence-electron chi connectivity index (χ4n) is 1.83. The van der Waals surface area contributed by atoms with Gasteiger partial charge in [-0.25, -0.2) is 0 Å². The van der Waals surface area contributed by atoms with Gasteiger partial charge in [-0.05, 0) is 6.92 Å². The van der Waals surface area contributed by atoms with Gasteiger partial charge < -0.3 is 9.22 Å². The van der Waals surface area contributed by atoms with E-state index in [0.717, 1.165) is 30.7 Å². The lowest BCUT2D eigenvalue weighted by atomic mass is 9.99. The average molecular weight is 208 g/mol. The predicted octanol–water partition coefficient (Wildman–Crippen LogP) is 2.02. The summed E-state index contributed by atoms with van der Waals surface area (Å²) < 4.78 is 6.75. The maximum absolute atomic E-state index is 5.79. The number of hydrogen-bond donors (Lipinski definition) is 0. The quantitative estimate of drug-likeness (QED) is 0.383. The Hall–Kier alpha value is -0.780. The molecule has 1 saturated heterocycles. The highest BCUT2D eigenvalue weighted by molar-refractivity contribution is 5.09. The molecule has 2 nitrogen and oxygen atoms in total. The van der Waals surface area contributed by atoms with Crippen molar-refractivity contribution in [3.8, 4) is 11.8 Å². The number of ether oxygens (including phenoxy) is 1. The van der Waals surface area contributed by atoms with E-state index in [4.69, 9.17) is 4.74 Å². The van der Waals surface area contributed by atoms with Gasteiger partial charge in [-0.1, -0.05) is 18.9 Å². The highest BCUT2D eigenvalue weighted by atomic mass is 16.5. The Morgan fingerprint density at radius 1 is 1.53 bits per heavy atom. The van der Waals surface area contributed by atoms with Crippen LogP contribution in [0.3, 0.4) is 0 Å². The van der Waals surface area contributed by atoms with Gasteiger partial charge in [-0.2, -0.15) is 0 Å². The molecule has 1 heterocycles. The van der Waals surface area contributed by atoms with E-state index >= 15 is 0 Å². The van der Waals surface area contributed by atoms with Crippen molar-refractivity contribution < 1.29 is 9.22 Å². The van der Waals surface area contributed by atoms with Crippen LogP contribution in [0, 0.1) is 17.8 Å². The molecular weight excluding hydrogens is 186 g/mol. The Morgan fingerprint density at radius 2 is 2.27 bits per heavy atom. The summed E-state index contributed by atoms with van der Waals surface area (Å²) in [5.74, 6) is 6.76. The molecule has 2 heteroatoms. The zero-order valence-electron chi connectivity index (χ0n) is 10.1. The van der Waals surface area contributed by atoms with E-state index in [1.54, 1.807) is 0 Å². The van der Waals surface area contributed by atoms with E-state index in [-0.39, 0.29) is 6.10 Å². The molecule has 3 atom stereocenters. The van der Waals surface area contributed by atoms with Gasteiger partial charge in [0.15, 0.2) is 6.73 Å². The van der Waals surface area contributed by atoms with Crippen molar-refractivity contribution in [2.45, 2.75) is 26.4 Å². The zero-order chi connectivity index (χ0) is 11.3. The number of quaternary nitrogens is 1. The van der Waals surface area contributed by atoms with Gasteiger partial charge in [-0.3, -0.25) is 0 Å². The third kappa shape index (κ3) is 3.09. The van der Waals surface area contributed by atoms with Gasteiger partial charge >= 0.3 is 0 Å². The van der Waals surface area contributed by atoms with Crippen molar-refractivity contribution in [1.82, 2.24) is 0 Å². The Morgan fingerprint density at radius 3 is 2.80 bits per heavy atom. The Balaban J connectivity index is 2.73. The summed E-state index contributed by atoms with van der Waals surface area (Å²) in [5.41, 5.74) is 0. The second-order valence-corrected chi connectivity index (χ2v) is 4.40. The van der Waals surface area contributed by atoms with E-state index in [9.17, 15) is 0 Å². The summed E-state index contributed by atoms with van der Waals surface area (Å²) in [7, 11) is 2.22. The van der Waals surface area contributed by atoms with E-state index in [0.29, 0.717) is 5.92 Å². The van der Waals surface area contributed by atoms with Crippen LogP contribution in [0.2, 0.25) is 0 Å². The molecule has 1 fully saturated rings. The fraction of sp³-hybridized carbons (Fsp3) is 0.692. The van der Waals surface area contributed by atoms with Gasteiger partial charge in [0.05, 0.1) is 26.1 Å². The largest absolute Gasteiger partial charge is 0.323 e. The first-order valence-corrected chi connectivity index (χ1v) is 5.71. The van der Waals surface area contributed by atoms with E-state index in [2.05, 4.69) is 39.3 Å². The summed E-state index contributed by atoms with van der Waals surface area (Å²) in [6.07, 6.45) is 2.91. The Labute approximate surface area is 93.5 Å². The van der Waals surface area contributed by atoms with Gasteiger partial charge in [0.1, 0.15) is 6.10 Å². The van der Waals surface area contributed by atoms with Gasteiger partial charge in [0, 0.05) is 6.42 Å². The predicted molar refractivity (Wildman–Crippen MR) is 63.1 cm³/mol. The molecule has 0 aromatic rings. The first-order valence-electron chi connectivity index (χ1n) is 5.71. The molecule has 0 bridgehead atoms. The fourth-order valence-corrected chi connectivity index (χ4v) is 1.83. The first-order chi connectivity index (χ1) is 7.15. The van der Waals surface area contributed by atoms with Crippen molar-refractivity contribution in [3.63, 3.8) is 0 Å². The zero-order valence-corrected chi connectivity index (χ0v) is 10.1. The molecule has 0 aromatic heterocycles. The minimum Gasteiger partial charge on any atom is -0.323 e. The van der Waals surface area contributed by atoms with Crippen molar-refractivity contribution in [2.75, 3.05) is 26.9 Å². The number of hydrogen-bond acceptors (Lipinski definition) is 1. The molecular formula is C13H22NO+. The topological polar surface area (TPSA) is 9.23 Å². The van der Waals surface area contributed by atoms with E-state index in [1.807, 2.05) is 6.08 Å². The summed E-state index contributed by atoms with van der Waals surface area (Å²) in [4.78, 5) is 0. The second-order valence-electron chi connectivity index (χ2n) is 4.40. The van der Waals surface area contributed by atoms with Crippen LogP contribution in [0.5, 0.6) is 0 Å². The number of nitrogens with zero attached hydrogens (tertiary/aromatic N) is 1. The molecule has 0 radical (unpaired) electrons. The van der Waals surface area contributed by atoms with Crippen LogP contribution in [0.25, 0.3) is 0 Å². The molecule has 1 aliphatic heterocycles. The lowest BCUT2D eigenvalue weighted by molar-refractivity contribution is -0.937. The molecule has 1 aliphatic rings. The maximum atomic E-state index is 5.79. The van der Waals surface area contributed by atoms with Crippen LogP contribution in [0.4, 0.5) is 0 Å². The minimum atomic E-state index is 0.113. The third-order valence-electron chi connectivity index (χ3n) is 3.07. The first kappa shape index (κ1) is 12.3. The van der Waals surface area contributed by atoms with Crippen LogP contribution in [0.1, 0.15) is 20.3 Å². The standard InChI is InChI=1S/C13H22NO/c1-5-8-9-12-10-14(4,7-3)11-15-13(12)6-2/h6,12-13H,2,5,7,10-11H2,1,3-4H3/q+1. The lowest BCUT2D eigenvalue weighted by Gasteiger charge is -2.41. The van der Waals surface area contributed by atoms with Crippen molar-refractivity contribution >= 4 is 0 Å². The number of rotatable bonds is 2. The van der Waals surface area contributed by atoms with E-state index < -0.39 is 0 Å². The van der Waals surface area contributed by atoms with Gasteiger partial charge in [0.2, 0.25) is 0 Å². The van der Waals surface area contributed by atoms with Crippen molar-refractivity contribution in [2.24, 2.45) is 5.92 Å². The normalized spacial score (nSPS) is 35.4. The molecule has 3 unspecified atom stereocenters. The molecule has 0 spiro atoms. The summed E-state index contributed by atoms with van der Waals surface area (Å²) in [6.45, 7) is 11.0. The molecule has 84 valence electrons. The smallest absolute Gasteiger partial charge is 0.183 e. The van der Waals surface area contributed by atoms with Gasteiger partial charge in [0.25, 0.3) is 0 Å². The van der Waals surface area contributed by atoms with Gasteiger partial charge in [-0.15, -0.1) is 12.5 Å². The molecule has 15 heavy (non-hydrogen) atoms. The summed E-state index contributed by atoms with van der Waals surface area (Å²) in [6, 6.07) is 0. The van der Waals surface area contributed by atoms with Crippen LogP contribution in [-0.2, 0) is 4.74 Å².